The SMILES string of the molecule is Cc1nc2cc(Cl)ccn2c1C(=O)N(C)CCc1ccncc1. The summed E-state index contributed by atoms with van der Waals surface area (Å²) in [5, 5.41) is 0.604. The van der Waals surface area contributed by atoms with Crippen LogP contribution in [0.15, 0.2) is 42.9 Å². The molecule has 0 radical (unpaired) electrons. The summed E-state index contributed by atoms with van der Waals surface area (Å²) in [5.74, 6) is -0.0496. The lowest BCUT2D eigenvalue weighted by molar-refractivity contribution is 0.0789. The summed E-state index contributed by atoms with van der Waals surface area (Å²) in [4.78, 5) is 22.9. The molecule has 3 aromatic rings. The first-order chi connectivity index (χ1) is 11.1. The van der Waals surface area contributed by atoms with Gasteiger partial charge < -0.3 is 4.90 Å². The maximum atomic E-state index is 12.8. The van der Waals surface area contributed by atoms with E-state index in [1.807, 2.05) is 19.1 Å². The van der Waals surface area contributed by atoms with Crippen molar-refractivity contribution in [3.63, 3.8) is 0 Å². The number of imidazole rings is 1. The van der Waals surface area contributed by atoms with Crippen molar-refractivity contribution in [2.24, 2.45) is 0 Å². The first-order valence-corrected chi connectivity index (χ1v) is 7.72. The second-order valence-corrected chi connectivity index (χ2v) is 5.89. The van der Waals surface area contributed by atoms with Crippen LogP contribution in [0.25, 0.3) is 5.65 Å². The fourth-order valence-corrected chi connectivity index (χ4v) is 2.68. The second-order valence-electron chi connectivity index (χ2n) is 5.45. The van der Waals surface area contributed by atoms with E-state index in [1.165, 1.54) is 0 Å². The fraction of sp³-hybridized carbons (Fsp3) is 0.235. The van der Waals surface area contributed by atoms with Gasteiger partial charge in [-0.2, -0.15) is 0 Å². The summed E-state index contributed by atoms with van der Waals surface area (Å²) in [6.07, 6.45) is 6.08. The van der Waals surface area contributed by atoms with Gasteiger partial charge in [-0.15, -0.1) is 0 Å². The Labute approximate surface area is 139 Å². The maximum Gasteiger partial charge on any atom is 0.272 e. The quantitative estimate of drug-likeness (QED) is 0.739. The molecule has 0 saturated heterocycles. The summed E-state index contributed by atoms with van der Waals surface area (Å²) in [7, 11) is 1.80. The van der Waals surface area contributed by atoms with Gasteiger partial charge in [-0.05, 0) is 37.1 Å². The molecule has 0 atom stereocenters. The molecule has 0 aliphatic heterocycles. The van der Waals surface area contributed by atoms with E-state index in [0.717, 1.165) is 12.0 Å². The summed E-state index contributed by atoms with van der Waals surface area (Å²) in [6.45, 7) is 2.47. The summed E-state index contributed by atoms with van der Waals surface area (Å²) < 4.78 is 1.78. The van der Waals surface area contributed by atoms with Crippen LogP contribution in [-0.4, -0.2) is 38.8 Å². The van der Waals surface area contributed by atoms with Crippen LogP contribution in [0.1, 0.15) is 21.7 Å². The van der Waals surface area contributed by atoms with E-state index >= 15 is 0 Å². The molecule has 0 bridgehead atoms. The van der Waals surface area contributed by atoms with Gasteiger partial charge in [0.1, 0.15) is 11.3 Å². The topological polar surface area (TPSA) is 50.5 Å². The number of rotatable bonds is 4. The highest BCUT2D eigenvalue weighted by molar-refractivity contribution is 6.30. The van der Waals surface area contributed by atoms with Crippen molar-refractivity contribution >= 4 is 23.2 Å². The average molecular weight is 329 g/mol. The molecule has 118 valence electrons. The first-order valence-electron chi connectivity index (χ1n) is 7.35. The van der Waals surface area contributed by atoms with Crippen LogP contribution in [0, 0.1) is 6.92 Å². The average Bonchev–Trinajstić information content (AvgIpc) is 2.87. The van der Waals surface area contributed by atoms with Crippen molar-refractivity contribution in [1.29, 1.82) is 0 Å². The zero-order valence-electron chi connectivity index (χ0n) is 13.0. The van der Waals surface area contributed by atoms with E-state index in [2.05, 4.69) is 9.97 Å². The van der Waals surface area contributed by atoms with E-state index in [0.29, 0.717) is 28.6 Å². The van der Waals surface area contributed by atoms with E-state index in [9.17, 15) is 4.79 Å². The van der Waals surface area contributed by atoms with Gasteiger partial charge in [0.15, 0.2) is 0 Å². The lowest BCUT2D eigenvalue weighted by atomic mass is 10.2. The summed E-state index contributed by atoms with van der Waals surface area (Å²) >= 11 is 5.99. The van der Waals surface area contributed by atoms with Crippen molar-refractivity contribution in [3.8, 4) is 0 Å². The molecule has 0 fully saturated rings. The monoisotopic (exact) mass is 328 g/mol. The number of likely N-dealkylation sites (N-methyl/N-ethyl adjacent to an activating group) is 1. The Bertz CT molecular complexity index is 844. The molecule has 6 heteroatoms. The molecule has 0 unspecified atom stereocenters. The minimum atomic E-state index is -0.0496. The minimum Gasteiger partial charge on any atom is -0.340 e. The Kier molecular flexibility index (Phi) is 4.30. The third kappa shape index (κ3) is 3.19. The zero-order valence-corrected chi connectivity index (χ0v) is 13.8. The van der Waals surface area contributed by atoms with Crippen LogP contribution in [0.5, 0.6) is 0 Å². The Balaban J connectivity index is 1.81. The number of pyridine rings is 2. The molecule has 0 spiro atoms. The predicted molar refractivity (Wildman–Crippen MR) is 89.8 cm³/mol. The number of nitrogens with zero attached hydrogens (tertiary/aromatic N) is 4. The van der Waals surface area contributed by atoms with Crippen molar-refractivity contribution in [2.75, 3.05) is 13.6 Å². The number of fused-ring (bicyclic) bond motifs is 1. The summed E-state index contributed by atoms with van der Waals surface area (Å²) in [6, 6.07) is 7.42. The van der Waals surface area contributed by atoms with Crippen molar-refractivity contribution in [3.05, 3.63) is 64.8 Å². The Morgan fingerprint density at radius 1 is 1.30 bits per heavy atom. The van der Waals surface area contributed by atoms with Gasteiger partial charge in [0.2, 0.25) is 0 Å². The van der Waals surface area contributed by atoms with Crippen LogP contribution < -0.4 is 0 Å². The minimum absolute atomic E-state index is 0.0496. The Morgan fingerprint density at radius 3 is 2.78 bits per heavy atom. The smallest absolute Gasteiger partial charge is 0.272 e. The van der Waals surface area contributed by atoms with Crippen LogP contribution in [0.4, 0.5) is 0 Å². The number of carbonyl (C=O) groups excluding carboxylic acids is 1. The molecular formula is C17H17ClN4O. The van der Waals surface area contributed by atoms with Crippen LogP contribution in [0.3, 0.4) is 0 Å². The highest BCUT2D eigenvalue weighted by atomic mass is 35.5. The molecule has 3 rings (SSSR count). The van der Waals surface area contributed by atoms with E-state index in [-0.39, 0.29) is 5.91 Å². The molecule has 23 heavy (non-hydrogen) atoms. The largest absolute Gasteiger partial charge is 0.340 e. The third-order valence-corrected chi connectivity index (χ3v) is 4.03. The molecule has 0 aliphatic rings. The number of hydrogen-bond donors (Lipinski definition) is 0. The Hall–Kier alpha value is -2.40. The zero-order chi connectivity index (χ0) is 16.4. The van der Waals surface area contributed by atoms with Crippen molar-refractivity contribution < 1.29 is 4.79 Å². The van der Waals surface area contributed by atoms with Crippen LogP contribution in [-0.2, 0) is 6.42 Å². The van der Waals surface area contributed by atoms with E-state index < -0.39 is 0 Å². The van der Waals surface area contributed by atoms with Gasteiger partial charge in [0, 0.05) is 43.3 Å². The number of carbonyl (C=O) groups is 1. The highest BCUT2D eigenvalue weighted by Gasteiger charge is 2.20. The highest BCUT2D eigenvalue weighted by Crippen LogP contribution is 2.18. The third-order valence-electron chi connectivity index (χ3n) is 3.80. The van der Waals surface area contributed by atoms with Gasteiger partial charge in [-0.25, -0.2) is 4.98 Å². The number of amides is 1. The number of hydrogen-bond acceptors (Lipinski definition) is 3. The predicted octanol–water partition coefficient (Wildman–Crippen LogP) is 3.01. The molecule has 0 aliphatic carbocycles. The normalized spacial score (nSPS) is 10.9. The second kappa shape index (κ2) is 6.38. The van der Waals surface area contributed by atoms with Gasteiger partial charge in [-0.3, -0.25) is 14.2 Å². The van der Waals surface area contributed by atoms with Gasteiger partial charge in [0.25, 0.3) is 5.91 Å². The molecular weight excluding hydrogens is 312 g/mol. The van der Waals surface area contributed by atoms with Gasteiger partial charge in [0.05, 0.1) is 5.69 Å². The summed E-state index contributed by atoms with van der Waals surface area (Å²) in [5.41, 5.74) is 3.11. The first kappa shape index (κ1) is 15.5. The number of halogens is 1. The molecule has 0 aromatic carbocycles. The molecule has 1 amide bonds. The van der Waals surface area contributed by atoms with Gasteiger partial charge >= 0.3 is 0 Å². The van der Waals surface area contributed by atoms with Crippen molar-refractivity contribution in [2.45, 2.75) is 13.3 Å². The standard InChI is InChI=1S/C17H17ClN4O/c1-12-16(22-10-6-14(18)11-15(22)20-12)17(23)21(2)9-5-13-3-7-19-8-4-13/h3-4,6-8,10-11H,5,9H2,1-2H3. The lowest BCUT2D eigenvalue weighted by Gasteiger charge is -2.17. The number of aromatic nitrogens is 3. The maximum absolute atomic E-state index is 12.8. The number of aryl methyl sites for hydroxylation is 1. The fourth-order valence-electron chi connectivity index (χ4n) is 2.52. The lowest BCUT2D eigenvalue weighted by Crippen LogP contribution is -2.30. The molecule has 3 heterocycles. The van der Waals surface area contributed by atoms with Crippen LogP contribution in [0.2, 0.25) is 5.02 Å². The van der Waals surface area contributed by atoms with Crippen LogP contribution >= 0.6 is 11.6 Å². The molecule has 0 saturated carbocycles. The molecule has 5 nitrogen and oxygen atoms in total. The van der Waals surface area contributed by atoms with Gasteiger partial charge in [-0.1, -0.05) is 11.6 Å². The Morgan fingerprint density at radius 2 is 2.04 bits per heavy atom. The van der Waals surface area contributed by atoms with E-state index in [4.69, 9.17) is 11.6 Å². The van der Waals surface area contributed by atoms with Crippen molar-refractivity contribution in [1.82, 2.24) is 19.3 Å². The van der Waals surface area contributed by atoms with E-state index in [1.54, 1.807) is 47.1 Å². The molecule has 3 aromatic heterocycles. The molecule has 0 N–H and O–H groups in total.